The number of aliphatic imine (C=N–C) groups is 1. The smallest absolute Gasteiger partial charge is 0.191 e. The maximum absolute atomic E-state index is 5.90. The van der Waals surface area contributed by atoms with Crippen LogP contribution in [0.5, 0.6) is 0 Å². The fraction of sp³-hybridized carbons (Fsp3) is 0.611. The molecule has 1 saturated heterocycles. The first-order valence-electron chi connectivity index (χ1n) is 8.74. The van der Waals surface area contributed by atoms with Gasteiger partial charge in [0.05, 0.1) is 19.3 Å². The SMILES string of the molecule is CCNC(=NCc1ccc(Cl)cc1)NCCCOCC1CCCO1. The normalized spacial score (nSPS) is 17.9. The van der Waals surface area contributed by atoms with Gasteiger partial charge < -0.3 is 20.1 Å². The summed E-state index contributed by atoms with van der Waals surface area (Å²) < 4.78 is 11.2. The first-order valence-corrected chi connectivity index (χ1v) is 9.11. The van der Waals surface area contributed by atoms with Crippen LogP contribution in [0.2, 0.25) is 5.02 Å². The molecule has 134 valence electrons. The van der Waals surface area contributed by atoms with Crippen LogP contribution in [0.4, 0.5) is 0 Å². The van der Waals surface area contributed by atoms with Crippen molar-refractivity contribution in [3.63, 3.8) is 0 Å². The molecule has 0 bridgehead atoms. The fourth-order valence-electron chi connectivity index (χ4n) is 2.47. The van der Waals surface area contributed by atoms with Crippen LogP contribution in [0.15, 0.2) is 29.3 Å². The van der Waals surface area contributed by atoms with Crippen molar-refractivity contribution >= 4 is 17.6 Å². The van der Waals surface area contributed by atoms with Gasteiger partial charge in [0.15, 0.2) is 5.96 Å². The second-order valence-electron chi connectivity index (χ2n) is 5.81. The predicted octanol–water partition coefficient (Wildman–Crippen LogP) is 2.98. The highest BCUT2D eigenvalue weighted by Crippen LogP contribution is 2.12. The Morgan fingerprint density at radius 2 is 2.17 bits per heavy atom. The first-order chi connectivity index (χ1) is 11.8. The van der Waals surface area contributed by atoms with Gasteiger partial charge in [0.1, 0.15) is 0 Å². The van der Waals surface area contributed by atoms with Crippen molar-refractivity contribution in [1.29, 1.82) is 0 Å². The fourth-order valence-corrected chi connectivity index (χ4v) is 2.60. The van der Waals surface area contributed by atoms with Gasteiger partial charge in [0.2, 0.25) is 0 Å². The van der Waals surface area contributed by atoms with Crippen LogP contribution in [0, 0.1) is 0 Å². The second kappa shape index (κ2) is 11.3. The van der Waals surface area contributed by atoms with Gasteiger partial charge >= 0.3 is 0 Å². The van der Waals surface area contributed by atoms with Gasteiger partial charge in [-0.3, -0.25) is 0 Å². The van der Waals surface area contributed by atoms with E-state index in [-0.39, 0.29) is 0 Å². The van der Waals surface area contributed by atoms with E-state index in [4.69, 9.17) is 21.1 Å². The van der Waals surface area contributed by atoms with E-state index in [2.05, 4.69) is 22.5 Å². The highest BCUT2D eigenvalue weighted by Gasteiger charge is 2.14. The molecule has 2 N–H and O–H groups in total. The molecule has 24 heavy (non-hydrogen) atoms. The monoisotopic (exact) mass is 353 g/mol. The highest BCUT2D eigenvalue weighted by molar-refractivity contribution is 6.30. The Morgan fingerprint density at radius 1 is 1.33 bits per heavy atom. The Hall–Kier alpha value is -1.30. The lowest BCUT2D eigenvalue weighted by molar-refractivity contribution is 0.0168. The lowest BCUT2D eigenvalue weighted by Crippen LogP contribution is -2.38. The van der Waals surface area contributed by atoms with E-state index in [1.165, 1.54) is 0 Å². The molecule has 1 atom stereocenters. The third-order valence-electron chi connectivity index (χ3n) is 3.76. The molecule has 1 heterocycles. The third-order valence-corrected chi connectivity index (χ3v) is 4.01. The minimum atomic E-state index is 0.302. The summed E-state index contributed by atoms with van der Waals surface area (Å²) >= 11 is 5.90. The maximum atomic E-state index is 5.90. The number of nitrogens with zero attached hydrogens (tertiary/aromatic N) is 1. The van der Waals surface area contributed by atoms with Crippen molar-refractivity contribution in [2.24, 2.45) is 4.99 Å². The van der Waals surface area contributed by atoms with Crippen LogP contribution < -0.4 is 10.6 Å². The number of hydrogen-bond donors (Lipinski definition) is 2. The third kappa shape index (κ3) is 7.51. The van der Waals surface area contributed by atoms with Gasteiger partial charge in [-0.25, -0.2) is 4.99 Å². The molecule has 0 spiro atoms. The summed E-state index contributed by atoms with van der Waals surface area (Å²) in [5.41, 5.74) is 1.14. The van der Waals surface area contributed by atoms with E-state index in [1.54, 1.807) is 0 Å². The van der Waals surface area contributed by atoms with Gasteiger partial charge in [-0.15, -0.1) is 0 Å². The van der Waals surface area contributed by atoms with Crippen molar-refractivity contribution in [2.45, 2.75) is 38.8 Å². The van der Waals surface area contributed by atoms with Gasteiger partial charge in [0.25, 0.3) is 0 Å². The summed E-state index contributed by atoms with van der Waals surface area (Å²) in [6.07, 6.45) is 3.53. The van der Waals surface area contributed by atoms with E-state index >= 15 is 0 Å². The van der Waals surface area contributed by atoms with Crippen LogP contribution >= 0.6 is 11.6 Å². The quantitative estimate of drug-likeness (QED) is 0.407. The van der Waals surface area contributed by atoms with E-state index < -0.39 is 0 Å². The standard InChI is InChI=1S/C18H28ClN3O2/c1-2-20-18(22-13-15-6-8-16(19)9-7-15)21-10-4-11-23-14-17-5-3-12-24-17/h6-9,17H,2-5,10-14H2,1H3,(H2,20,21,22). The molecule has 1 aromatic carbocycles. The lowest BCUT2D eigenvalue weighted by atomic mass is 10.2. The molecular weight excluding hydrogens is 326 g/mol. The van der Waals surface area contributed by atoms with Gasteiger partial charge in [-0.05, 0) is 43.9 Å². The van der Waals surface area contributed by atoms with E-state index in [1.807, 2.05) is 24.3 Å². The second-order valence-corrected chi connectivity index (χ2v) is 6.25. The number of ether oxygens (including phenoxy) is 2. The lowest BCUT2D eigenvalue weighted by Gasteiger charge is -2.12. The molecule has 0 amide bonds. The molecule has 1 aliphatic rings. The highest BCUT2D eigenvalue weighted by atomic mass is 35.5. The average Bonchev–Trinajstić information content (AvgIpc) is 3.10. The first kappa shape index (κ1) is 19.0. The topological polar surface area (TPSA) is 54.9 Å². The summed E-state index contributed by atoms with van der Waals surface area (Å²) in [5, 5.41) is 7.33. The molecule has 1 aromatic rings. The van der Waals surface area contributed by atoms with Crippen LogP contribution in [0.25, 0.3) is 0 Å². The van der Waals surface area contributed by atoms with Crippen molar-refractivity contribution in [2.75, 3.05) is 32.9 Å². The number of benzene rings is 1. The number of halogens is 1. The van der Waals surface area contributed by atoms with Crippen molar-refractivity contribution < 1.29 is 9.47 Å². The molecule has 1 unspecified atom stereocenters. The predicted molar refractivity (Wildman–Crippen MR) is 98.7 cm³/mol. The van der Waals surface area contributed by atoms with E-state index in [0.29, 0.717) is 19.3 Å². The Labute approximate surface area is 149 Å². The Bertz CT molecular complexity index is 488. The largest absolute Gasteiger partial charge is 0.379 e. The van der Waals surface area contributed by atoms with Crippen molar-refractivity contribution in [3.05, 3.63) is 34.9 Å². The minimum absolute atomic E-state index is 0.302. The molecule has 0 aromatic heterocycles. The Kier molecular flexibility index (Phi) is 8.95. The van der Waals surface area contributed by atoms with Crippen LogP contribution in [0.3, 0.4) is 0 Å². The van der Waals surface area contributed by atoms with Gasteiger partial charge in [-0.1, -0.05) is 23.7 Å². The average molecular weight is 354 g/mol. The molecule has 0 aliphatic carbocycles. The number of nitrogens with one attached hydrogen (secondary N) is 2. The molecule has 0 saturated carbocycles. The zero-order valence-electron chi connectivity index (χ0n) is 14.4. The zero-order chi connectivity index (χ0) is 17.0. The minimum Gasteiger partial charge on any atom is -0.379 e. The number of guanidine groups is 1. The van der Waals surface area contributed by atoms with Crippen LogP contribution in [-0.2, 0) is 16.0 Å². The Morgan fingerprint density at radius 3 is 2.88 bits per heavy atom. The molecular formula is C18H28ClN3O2. The summed E-state index contributed by atoms with van der Waals surface area (Å²) in [6, 6.07) is 7.76. The molecule has 1 fully saturated rings. The van der Waals surface area contributed by atoms with Crippen LogP contribution in [-0.4, -0.2) is 45.0 Å². The molecule has 0 radical (unpaired) electrons. The van der Waals surface area contributed by atoms with E-state index in [0.717, 1.165) is 62.1 Å². The molecule has 2 rings (SSSR count). The molecule has 5 nitrogen and oxygen atoms in total. The van der Waals surface area contributed by atoms with Crippen LogP contribution in [0.1, 0.15) is 31.7 Å². The molecule has 6 heteroatoms. The summed E-state index contributed by atoms with van der Waals surface area (Å²) in [6.45, 7) is 6.69. The molecule has 1 aliphatic heterocycles. The van der Waals surface area contributed by atoms with Gasteiger partial charge in [-0.2, -0.15) is 0 Å². The number of rotatable bonds is 9. The Balaban J connectivity index is 1.62. The van der Waals surface area contributed by atoms with Crippen molar-refractivity contribution in [1.82, 2.24) is 10.6 Å². The van der Waals surface area contributed by atoms with E-state index in [9.17, 15) is 0 Å². The van der Waals surface area contributed by atoms with Gasteiger partial charge in [0, 0.05) is 31.3 Å². The summed E-state index contributed by atoms with van der Waals surface area (Å²) in [5.74, 6) is 0.826. The number of hydrogen-bond acceptors (Lipinski definition) is 3. The summed E-state index contributed by atoms with van der Waals surface area (Å²) in [7, 11) is 0. The van der Waals surface area contributed by atoms with Crippen molar-refractivity contribution in [3.8, 4) is 0 Å². The zero-order valence-corrected chi connectivity index (χ0v) is 15.1. The summed E-state index contributed by atoms with van der Waals surface area (Å²) in [4.78, 5) is 4.58. The maximum Gasteiger partial charge on any atom is 0.191 e.